The van der Waals surface area contributed by atoms with E-state index in [0.29, 0.717) is 13.0 Å². The maximum absolute atomic E-state index is 12.1. The molecule has 1 heterocycles. The monoisotopic (exact) mass is 256 g/mol. The highest BCUT2D eigenvalue weighted by Crippen LogP contribution is 2.18. The summed E-state index contributed by atoms with van der Waals surface area (Å²) in [7, 11) is 0. The van der Waals surface area contributed by atoms with Crippen LogP contribution in [0.4, 0.5) is 0 Å². The first-order chi connectivity index (χ1) is 8.41. The predicted octanol–water partition coefficient (Wildman–Crippen LogP) is 0.522. The van der Waals surface area contributed by atoms with Crippen LogP contribution in [0.3, 0.4) is 0 Å². The number of carbonyl (C=O) groups is 2. The van der Waals surface area contributed by atoms with Crippen molar-refractivity contribution in [2.75, 3.05) is 19.7 Å². The van der Waals surface area contributed by atoms with E-state index < -0.39 is 5.54 Å². The number of aliphatic hydroxyl groups is 1. The second-order valence-corrected chi connectivity index (χ2v) is 5.37. The minimum atomic E-state index is -0.560. The van der Waals surface area contributed by atoms with Crippen molar-refractivity contribution in [1.29, 1.82) is 0 Å². The largest absolute Gasteiger partial charge is 0.394 e. The van der Waals surface area contributed by atoms with Gasteiger partial charge in [-0.3, -0.25) is 9.59 Å². The van der Waals surface area contributed by atoms with E-state index in [-0.39, 0.29) is 24.3 Å². The van der Waals surface area contributed by atoms with Crippen molar-refractivity contribution < 1.29 is 14.7 Å². The van der Waals surface area contributed by atoms with Gasteiger partial charge in [0, 0.05) is 20.0 Å². The summed E-state index contributed by atoms with van der Waals surface area (Å²) in [6.07, 6.45) is 2.35. The molecule has 0 aliphatic carbocycles. The van der Waals surface area contributed by atoms with E-state index in [0.717, 1.165) is 19.4 Å². The second-order valence-electron chi connectivity index (χ2n) is 5.37. The average molecular weight is 256 g/mol. The van der Waals surface area contributed by atoms with Crippen molar-refractivity contribution in [2.45, 2.75) is 45.6 Å². The summed E-state index contributed by atoms with van der Waals surface area (Å²) >= 11 is 0. The Labute approximate surface area is 109 Å². The van der Waals surface area contributed by atoms with Gasteiger partial charge in [0.2, 0.25) is 11.8 Å². The van der Waals surface area contributed by atoms with E-state index in [2.05, 4.69) is 5.32 Å². The van der Waals surface area contributed by atoms with E-state index in [4.69, 9.17) is 0 Å². The molecule has 5 nitrogen and oxygen atoms in total. The fourth-order valence-corrected chi connectivity index (χ4v) is 2.12. The number of aliphatic hydroxyl groups excluding tert-OH is 1. The zero-order valence-electron chi connectivity index (χ0n) is 11.5. The summed E-state index contributed by atoms with van der Waals surface area (Å²) < 4.78 is 0. The Morgan fingerprint density at radius 2 is 2.17 bits per heavy atom. The van der Waals surface area contributed by atoms with Crippen LogP contribution in [0.25, 0.3) is 0 Å². The van der Waals surface area contributed by atoms with Gasteiger partial charge in [0.1, 0.15) is 0 Å². The van der Waals surface area contributed by atoms with Gasteiger partial charge in [-0.1, -0.05) is 6.92 Å². The first kappa shape index (κ1) is 15.0. The lowest BCUT2D eigenvalue weighted by atomic mass is 9.94. The molecule has 1 aliphatic rings. The van der Waals surface area contributed by atoms with Gasteiger partial charge in [-0.05, 0) is 26.2 Å². The summed E-state index contributed by atoms with van der Waals surface area (Å²) in [5.41, 5.74) is -0.560. The van der Waals surface area contributed by atoms with Crippen LogP contribution < -0.4 is 5.32 Å². The summed E-state index contributed by atoms with van der Waals surface area (Å²) in [4.78, 5) is 25.2. The molecule has 0 bridgehead atoms. The van der Waals surface area contributed by atoms with Crippen molar-refractivity contribution in [2.24, 2.45) is 5.92 Å². The molecule has 1 fully saturated rings. The van der Waals surface area contributed by atoms with Crippen molar-refractivity contribution in [3.63, 3.8) is 0 Å². The van der Waals surface area contributed by atoms with Crippen molar-refractivity contribution in [3.05, 3.63) is 0 Å². The summed E-state index contributed by atoms with van der Waals surface area (Å²) in [5.74, 6) is -0.188. The molecule has 0 aromatic carbocycles. The van der Waals surface area contributed by atoms with Gasteiger partial charge in [-0.25, -0.2) is 0 Å². The Bertz CT molecular complexity index is 313. The SMILES string of the molecule is CCC(C)(CO)NC(=O)C1CCCN(C(C)=O)C1. The molecular formula is C13H24N2O3. The first-order valence-electron chi connectivity index (χ1n) is 6.60. The number of likely N-dealkylation sites (tertiary alicyclic amines) is 1. The number of rotatable bonds is 4. The third-order valence-corrected chi connectivity index (χ3v) is 3.79. The molecule has 0 saturated carbocycles. The molecule has 1 saturated heterocycles. The van der Waals surface area contributed by atoms with Gasteiger partial charge in [0.25, 0.3) is 0 Å². The number of amides is 2. The quantitative estimate of drug-likeness (QED) is 0.770. The highest BCUT2D eigenvalue weighted by Gasteiger charge is 2.31. The van der Waals surface area contributed by atoms with Crippen LogP contribution in [0.5, 0.6) is 0 Å². The van der Waals surface area contributed by atoms with Crippen molar-refractivity contribution in [3.8, 4) is 0 Å². The molecule has 2 unspecified atom stereocenters. The van der Waals surface area contributed by atoms with E-state index in [1.54, 1.807) is 4.90 Å². The maximum atomic E-state index is 12.1. The van der Waals surface area contributed by atoms with Gasteiger partial charge in [0.15, 0.2) is 0 Å². The van der Waals surface area contributed by atoms with Crippen LogP contribution in [0, 0.1) is 5.92 Å². The van der Waals surface area contributed by atoms with Crippen LogP contribution in [0.1, 0.15) is 40.0 Å². The molecule has 18 heavy (non-hydrogen) atoms. The van der Waals surface area contributed by atoms with E-state index in [1.165, 1.54) is 6.92 Å². The molecule has 5 heteroatoms. The highest BCUT2D eigenvalue weighted by molar-refractivity contribution is 5.81. The molecule has 0 aromatic heterocycles. The lowest BCUT2D eigenvalue weighted by Gasteiger charge is -2.34. The molecule has 1 aliphatic heterocycles. The summed E-state index contributed by atoms with van der Waals surface area (Å²) in [6.45, 7) is 6.45. The number of piperidine rings is 1. The Morgan fingerprint density at radius 3 is 2.67 bits per heavy atom. The number of nitrogens with zero attached hydrogens (tertiary/aromatic N) is 1. The number of hydrogen-bond acceptors (Lipinski definition) is 3. The van der Waals surface area contributed by atoms with Gasteiger partial charge in [-0.2, -0.15) is 0 Å². The zero-order valence-corrected chi connectivity index (χ0v) is 11.5. The minimum Gasteiger partial charge on any atom is -0.394 e. The third kappa shape index (κ3) is 3.70. The maximum Gasteiger partial charge on any atom is 0.225 e. The fourth-order valence-electron chi connectivity index (χ4n) is 2.12. The molecule has 0 spiro atoms. The number of nitrogens with one attached hydrogen (secondary N) is 1. The molecule has 1 rings (SSSR count). The lowest BCUT2D eigenvalue weighted by molar-refractivity contribution is -0.134. The Kier molecular flexibility index (Phi) is 5.14. The Balaban J connectivity index is 2.59. The molecule has 2 N–H and O–H groups in total. The van der Waals surface area contributed by atoms with Gasteiger partial charge in [0.05, 0.1) is 18.1 Å². The standard InChI is InChI=1S/C13H24N2O3/c1-4-13(3,9-16)14-12(18)11-6-5-7-15(8-11)10(2)17/h11,16H,4-9H2,1-3H3,(H,14,18). The fraction of sp³-hybridized carbons (Fsp3) is 0.846. The van der Waals surface area contributed by atoms with Gasteiger partial charge in [-0.15, -0.1) is 0 Å². The lowest BCUT2D eigenvalue weighted by Crippen LogP contribution is -2.53. The zero-order chi connectivity index (χ0) is 13.8. The highest BCUT2D eigenvalue weighted by atomic mass is 16.3. The Morgan fingerprint density at radius 1 is 1.50 bits per heavy atom. The number of carbonyl (C=O) groups excluding carboxylic acids is 2. The van der Waals surface area contributed by atoms with Crippen LogP contribution in [0.15, 0.2) is 0 Å². The van der Waals surface area contributed by atoms with Crippen molar-refractivity contribution in [1.82, 2.24) is 10.2 Å². The smallest absolute Gasteiger partial charge is 0.225 e. The van der Waals surface area contributed by atoms with E-state index in [9.17, 15) is 14.7 Å². The average Bonchev–Trinajstić information content (AvgIpc) is 2.38. The Hall–Kier alpha value is -1.10. The predicted molar refractivity (Wildman–Crippen MR) is 68.9 cm³/mol. The molecule has 0 aromatic rings. The van der Waals surface area contributed by atoms with Gasteiger partial charge < -0.3 is 15.3 Å². The molecule has 104 valence electrons. The van der Waals surface area contributed by atoms with Crippen LogP contribution in [-0.2, 0) is 9.59 Å². The molecule has 0 radical (unpaired) electrons. The van der Waals surface area contributed by atoms with Gasteiger partial charge >= 0.3 is 0 Å². The van der Waals surface area contributed by atoms with Crippen LogP contribution in [0.2, 0.25) is 0 Å². The summed E-state index contributed by atoms with van der Waals surface area (Å²) in [5, 5.41) is 12.2. The first-order valence-corrected chi connectivity index (χ1v) is 6.60. The molecule has 2 amide bonds. The van der Waals surface area contributed by atoms with Crippen LogP contribution in [-0.4, -0.2) is 47.1 Å². The second kappa shape index (κ2) is 6.18. The molecular weight excluding hydrogens is 232 g/mol. The minimum absolute atomic E-state index is 0.0212. The normalized spacial score (nSPS) is 23.3. The topological polar surface area (TPSA) is 69.6 Å². The van der Waals surface area contributed by atoms with Crippen molar-refractivity contribution >= 4 is 11.8 Å². The van der Waals surface area contributed by atoms with Crippen LogP contribution >= 0.6 is 0 Å². The summed E-state index contributed by atoms with van der Waals surface area (Å²) in [6, 6.07) is 0. The molecule has 2 atom stereocenters. The van der Waals surface area contributed by atoms with E-state index in [1.807, 2.05) is 13.8 Å². The third-order valence-electron chi connectivity index (χ3n) is 3.79. The van der Waals surface area contributed by atoms with E-state index >= 15 is 0 Å². The number of hydrogen-bond donors (Lipinski definition) is 2.